The minimum atomic E-state index is -0.614. The van der Waals surface area contributed by atoms with Gasteiger partial charge in [0.2, 0.25) is 0 Å². The standard InChI is InChI=1S/C20H21ClN4O3S/c1-19(2)27-9-20(10-28-19)16(29-13-6-4-3-5-7-13)14(8-26-20)25-12-24-15-17(21)22-11-23-18(15)25/h3-7,11-12,14,16H,8-10H2,1-2H3/t14-,16+/m0/s1. The number of halogens is 1. The van der Waals surface area contributed by atoms with Crippen LogP contribution < -0.4 is 0 Å². The average molecular weight is 433 g/mol. The van der Waals surface area contributed by atoms with Crippen LogP contribution >= 0.6 is 23.4 Å². The van der Waals surface area contributed by atoms with Crippen LogP contribution in [0.1, 0.15) is 19.9 Å². The molecule has 0 bridgehead atoms. The van der Waals surface area contributed by atoms with E-state index in [9.17, 15) is 0 Å². The summed E-state index contributed by atoms with van der Waals surface area (Å²) in [6.45, 7) is 5.28. The lowest BCUT2D eigenvalue weighted by molar-refractivity contribution is -0.300. The summed E-state index contributed by atoms with van der Waals surface area (Å²) in [6, 6.07) is 10.3. The normalized spacial score (nSPS) is 25.6. The van der Waals surface area contributed by atoms with Crippen molar-refractivity contribution in [1.82, 2.24) is 19.5 Å². The first-order valence-corrected chi connectivity index (χ1v) is 10.7. The Kier molecular flexibility index (Phi) is 4.79. The van der Waals surface area contributed by atoms with Gasteiger partial charge in [0.1, 0.15) is 17.4 Å². The van der Waals surface area contributed by atoms with Crippen LogP contribution in [0.3, 0.4) is 0 Å². The molecule has 152 valence electrons. The second kappa shape index (κ2) is 7.21. The quantitative estimate of drug-likeness (QED) is 0.584. The first kappa shape index (κ1) is 19.3. The van der Waals surface area contributed by atoms with E-state index in [1.54, 1.807) is 18.1 Å². The van der Waals surface area contributed by atoms with E-state index < -0.39 is 11.4 Å². The van der Waals surface area contributed by atoms with Gasteiger partial charge >= 0.3 is 0 Å². The van der Waals surface area contributed by atoms with Crippen molar-refractivity contribution in [2.75, 3.05) is 19.8 Å². The largest absolute Gasteiger partial charge is 0.367 e. The van der Waals surface area contributed by atoms with Crippen LogP contribution in [-0.4, -0.2) is 56.0 Å². The number of nitrogens with zero attached hydrogens (tertiary/aromatic N) is 4. The Morgan fingerprint density at radius 3 is 2.59 bits per heavy atom. The summed E-state index contributed by atoms with van der Waals surface area (Å²) in [5.74, 6) is -0.614. The van der Waals surface area contributed by atoms with Crippen LogP contribution in [0, 0.1) is 0 Å². The van der Waals surface area contributed by atoms with Crippen LogP contribution in [0.4, 0.5) is 0 Å². The lowest BCUT2D eigenvalue weighted by Crippen LogP contribution is -2.56. The molecule has 0 radical (unpaired) electrons. The molecule has 7 nitrogen and oxygen atoms in total. The topological polar surface area (TPSA) is 71.3 Å². The van der Waals surface area contributed by atoms with E-state index in [1.165, 1.54) is 6.33 Å². The highest BCUT2D eigenvalue weighted by atomic mass is 35.5. The number of rotatable bonds is 3. The molecule has 0 unspecified atom stereocenters. The number of hydrogen-bond donors (Lipinski definition) is 0. The number of benzene rings is 1. The molecule has 2 aromatic heterocycles. The molecule has 2 fully saturated rings. The van der Waals surface area contributed by atoms with Gasteiger partial charge in [0, 0.05) is 4.90 Å². The molecular weight excluding hydrogens is 412 g/mol. The molecule has 0 N–H and O–H groups in total. The van der Waals surface area contributed by atoms with Crippen molar-refractivity contribution in [2.45, 2.75) is 41.4 Å². The van der Waals surface area contributed by atoms with Gasteiger partial charge in [0.15, 0.2) is 16.6 Å². The SMILES string of the molecule is CC1(C)OCC2(CO1)OC[C@H](n1cnc3c(Cl)ncnc31)[C@H]2Sc1ccccc1. The van der Waals surface area contributed by atoms with Gasteiger partial charge in [0.05, 0.1) is 37.4 Å². The van der Waals surface area contributed by atoms with Gasteiger partial charge in [-0.3, -0.25) is 0 Å². The number of thioether (sulfide) groups is 1. The van der Waals surface area contributed by atoms with Crippen LogP contribution in [-0.2, 0) is 14.2 Å². The Morgan fingerprint density at radius 2 is 1.83 bits per heavy atom. The van der Waals surface area contributed by atoms with Crippen LogP contribution in [0.15, 0.2) is 47.9 Å². The molecule has 29 heavy (non-hydrogen) atoms. The molecule has 9 heteroatoms. The molecule has 5 rings (SSSR count). The van der Waals surface area contributed by atoms with Crippen molar-refractivity contribution in [1.29, 1.82) is 0 Å². The first-order valence-electron chi connectivity index (χ1n) is 9.44. The Bertz CT molecular complexity index is 1020. The molecule has 0 amide bonds. The van der Waals surface area contributed by atoms with Gasteiger partial charge in [-0.05, 0) is 26.0 Å². The molecule has 1 aromatic carbocycles. The third-order valence-electron chi connectivity index (χ3n) is 5.42. The van der Waals surface area contributed by atoms with E-state index in [4.69, 9.17) is 25.8 Å². The zero-order valence-electron chi connectivity index (χ0n) is 16.1. The smallest absolute Gasteiger partial charge is 0.165 e. The lowest BCUT2D eigenvalue weighted by atomic mass is 9.97. The predicted molar refractivity (Wildman–Crippen MR) is 110 cm³/mol. The van der Waals surface area contributed by atoms with E-state index in [1.807, 2.05) is 36.6 Å². The Morgan fingerprint density at radius 1 is 1.07 bits per heavy atom. The van der Waals surface area contributed by atoms with E-state index in [2.05, 4.69) is 27.1 Å². The van der Waals surface area contributed by atoms with Crippen molar-refractivity contribution < 1.29 is 14.2 Å². The summed E-state index contributed by atoms with van der Waals surface area (Å²) in [7, 11) is 0. The maximum absolute atomic E-state index is 6.38. The van der Waals surface area contributed by atoms with Gasteiger partial charge in [-0.2, -0.15) is 0 Å². The third kappa shape index (κ3) is 3.43. The summed E-state index contributed by atoms with van der Waals surface area (Å²) < 4.78 is 20.4. The molecule has 0 aliphatic carbocycles. The second-order valence-electron chi connectivity index (χ2n) is 7.76. The fourth-order valence-electron chi connectivity index (χ4n) is 3.82. The van der Waals surface area contributed by atoms with Crippen molar-refractivity contribution in [3.63, 3.8) is 0 Å². The monoisotopic (exact) mass is 432 g/mol. The maximum Gasteiger partial charge on any atom is 0.165 e. The summed E-state index contributed by atoms with van der Waals surface area (Å²) in [6.07, 6.45) is 3.23. The zero-order valence-corrected chi connectivity index (χ0v) is 17.7. The number of fused-ring (bicyclic) bond motifs is 1. The Balaban J connectivity index is 1.54. The Labute approximate surface area is 177 Å². The molecule has 0 saturated carbocycles. The third-order valence-corrected chi connectivity index (χ3v) is 7.23. The van der Waals surface area contributed by atoms with Crippen LogP contribution in [0.5, 0.6) is 0 Å². The van der Waals surface area contributed by atoms with Gasteiger partial charge in [-0.1, -0.05) is 29.8 Å². The molecule has 2 saturated heterocycles. The van der Waals surface area contributed by atoms with Crippen molar-refractivity contribution in [3.05, 3.63) is 48.1 Å². The van der Waals surface area contributed by atoms with Gasteiger partial charge in [-0.25, -0.2) is 15.0 Å². The highest BCUT2D eigenvalue weighted by Crippen LogP contribution is 2.48. The van der Waals surface area contributed by atoms with E-state index in [0.29, 0.717) is 36.1 Å². The van der Waals surface area contributed by atoms with Crippen LogP contribution in [0.25, 0.3) is 11.2 Å². The summed E-state index contributed by atoms with van der Waals surface area (Å²) >= 11 is 7.98. The molecule has 1 spiro atoms. The fourth-order valence-corrected chi connectivity index (χ4v) is 5.39. The van der Waals surface area contributed by atoms with E-state index in [0.717, 1.165) is 4.90 Å². The lowest BCUT2D eigenvalue weighted by Gasteiger charge is -2.43. The molecular formula is C20H21ClN4O3S. The number of hydrogen-bond acceptors (Lipinski definition) is 7. The maximum atomic E-state index is 6.38. The second-order valence-corrected chi connectivity index (χ2v) is 9.33. The minimum Gasteiger partial charge on any atom is -0.367 e. The van der Waals surface area contributed by atoms with E-state index in [-0.39, 0.29) is 11.3 Å². The van der Waals surface area contributed by atoms with Crippen molar-refractivity contribution in [3.8, 4) is 0 Å². The summed E-state index contributed by atoms with van der Waals surface area (Å²) in [4.78, 5) is 14.1. The minimum absolute atomic E-state index is 0.00964. The van der Waals surface area contributed by atoms with E-state index >= 15 is 0 Å². The summed E-state index contributed by atoms with van der Waals surface area (Å²) in [5.41, 5.74) is 0.733. The molecule has 2 aliphatic rings. The first-order chi connectivity index (χ1) is 14.0. The molecule has 2 atom stereocenters. The zero-order chi connectivity index (χ0) is 20.1. The number of imidazole rings is 1. The summed E-state index contributed by atoms with van der Waals surface area (Å²) in [5, 5.41) is 0.382. The van der Waals surface area contributed by atoms with Crippen molar-refractivity contribution >= 4 is 34.5 Å². The highest BCUT2D eigenvalue weighted by Gasteiger charge is 2.55. The average Bonchev–Trinajstić information content (AvgIpc) is 3.29. The van der Waals surface area contributed by atoms with Crippen molar-refractivity contribution in [2.24, 2.45) is 0 Å². The Hall–Kier alpha value is -1.71. The fraction of sp³-hybridized carbons (Fsp3) is 0.450. The van der Waals surface area contributed by atoms with Gasteiger partial charge < -0.3 is 18.8 Å². The predicted octanol–water partition coefficient (Wildman–Crippen LogP) is 3.73. The molecule has 2 aliphatic heterocycles. The number of ether oxygens (including phenoxy) is 3. The molecule has 3 aromatic rings. The van der Waals surface area contributed by atoms with Gasteiger partial charge in [-0.15, -0.1) is 11.8 Å². The molecule has 4 heterocycles. The number of aromatic nitrogens is 4. The van der Waals surface area contributed by atoms with Crippen LogP contribution in [0.2, 0.25) is 5.15 Å². The highest BCUT2D eigenvalue weighted by molar-refractivity contribution is 8.00. The van der Waals surface area contributed by atoms with Gasteiger partial charge in [0.25, 0.3) is 0 Å².